The Kier molecular flexibility index (Phi) is 6.46. The number of benzene rings is 1. The van der Waals surface area contributed by atoms with Gasteiger partial charge in [0, 0.05) is 37.0 Å². The van der Waals surface area contributed by atoms with Crippen molar-refractivity contribution in [2.75, 3.05) is 13.1 Å². The van der Waals surface area contributed by atoms with Gasteiger partial charge < -0.3 is 15.1 Å². The van der Waals surface area contributed by atoms with E-state index in [0.29, 0.717) is 10.2 Å². The molecule has 0 aliphatic carbocycles. The first-order chi connectivity index (χ1) is 15.5. The molecule has 9 heteroatoms. The van der Waals surface area contributed by atoms with Crippen molar-refractivity contribution in [3.05, 3.63) is 76.0 Å². The van der Waals surface area contributed by atoms with Crippen molar-refractivity contribution in [2.45, 2.75) is 19.9 Å². The second-order valence-corrected chi connectivity index (χ2v) is 8.13. The summed E-state index contributed by atoms with van der Waals surface area (Å²) in [7, 11) is 0. The summed E-state index contributed by atoms with van der Waals surface area (Å²) in [6.45, 7) is 2.78. The normalized spacial score (nSPS) is 10.9. The number of aromatic nitrogens is 2. The van der Waals surface area contributed by atoms with Crippen LogP contribution in [0.1, 0.15) is 22.5 Å². The molecular weight excluding hydrogens is 428 g/mol. The summed E-state index contributed by atoms with van der Waals surface area (Å²) in [6, 6.07) is 11.2. The summed E-state index contributed by atoms with van der Waals surface area (Å²) in [5.74, 6) is -0.333. The number of carbonyl (C=O) groups is 2. The lowest BCUT2D eigenvalue weighted by atomic mass is 10.1. The summed E-state index contributed by atoms with van der Waals surface area (Å²) >= 11 is 1.43. The third-order valence-corrected chi connectivity index (χ3v) is 5.87. The SMILES string of the molecule is Cc1ccc(-c2csc3ncn(CCC(=O)NCCNC(=O)c4ccco4)c(=O)c23)cc1. The van der Waals surface area contributed by atoms with Crippen LogP contribution in [0.2, 0.25) is 0 Å². The Hall–Kier alpha value is -3.72. The summed E-state index contributed by atoms with van der Waals surface area (Å²) in [4.78, 5) is 42.1. The van der Waals surface area contributed by atoms with Gasteiger partial charge in [-0.25, -0.2) is 4.98 Å². The summed E-state index contributed by atoms with van der Waals surface area (Å²) in [5, 5.41) is 7.90. The van der Waals surface area contributed by atoms with Crippen LogP contribution in [-0.2, 0) is 11.3 Å². The standard InChI is InChI=1S/C23H22N4O4S/c1-15-4-6-16(7-5-15)17-13-32-22-20(17)23(30)27(14-26-22)11-8-19(28)24-9-10-25-21(29)18-3-2-12-31-18/h2-7,12-14H,8-11H2,1H3,(H,24,28)(H,25,29). The van der Waals surface area contributed by atoms with Crippen LogP contribution in [-0.4, -0.2) is 34.5 Å². The van der Waals surface area contributed by atoms with E-state index < -0.39 is 0 Å². The van der Waals surface area contributed by atoms with Crippen LogP contribution >= 0.6 is 11.3 Å². The van der Waals surface area contributed by atoms with Gasteiger partial charge in [0.15, 0.2) is 5.76 Å². The summed E-state index contributed by atoms with van der Waals surface area (Å²) < 4.78 is 6.46. The topological polar surface area (TPSA) is 106 Å². The maximum absolute atomic E-state index is 13.1. The third-order valence-electron chi connectivity index (χ3n) is 4.98. The molecule has 8 nitrogen and oxygen atoms in total. The molecule has 164 valence electrons. The number of fused-ring (bicyclic) bond motifs is 1. The van der Waals surface area contributed by atoms with Crippen LogP contribution in [0.4, 0.5) is 0 Å². The molecular formula is C23H22N4O4S. The molecule has 3 heterocycles. The van der Waals surface area contributed by atoms with E-state index in [2.05, 4.69) is 15.6 Å². The summed E-state index contributed by atoms with van der Waals surface area (Å²) in [6.07, 6.45) is 3.03. The molecule has 2 amide bonds. The van der Waals surface area contributed by atoms with Crippen molar-refractivity contribution in [1.82, 2.24) is 20.2 Å². The lowest BCUT2D eigenvalue weighted by Crippen LogP contribution is -2.35. The Morgan fingerprint density at radius 2 is 1.91 bits per heavy atom. The number of carbonyl (C=O) groups excluding carboxylic acids is 2. The van der Waals surface area contributed by atoms with Crippen molar-refractivity contribution in [3.63, 3.8) is 0 Å². The zero-order valence-corrected chi connectivity index (χ0v) is 18.3. The number of aryl methyl sites for hydroxylation is 2. The largest absolute Gasteiger partial charge is 0.459 e. The molecule has 0 saturated heterocycles. The fourth-order valence-corrected chi connectivity index (χ4v) is 4.16. The van der Waals surface area contributed by atoms with Gasteiger partial charge in [0.2, 0.25) is 5.91 Å². The second-order valence-electron chi connectivity index (χ2n) is 7.27. The Labute approximate surface area is 187 Å². The molecule has 0 spiro atoms. The van der Waals surface area contributed by atoms with E-state index in [0.717, 1.165) is 16.7 Å². The highest BCUT2D eigenvalue weighted by molar-refractivity contribution is 7.17. The number of thiophene rings is 1. The van der Waals surface area contributed by atoms with Gasteiger partial charge in [-0.1, -0.05) is 29.8 Å². The number of furan rings is 1. The van der Waals surface area contributed by atoms with Crippen LogP contribution in [0.3, 0.4) is 0 Å². The fourth-order valence-electron chi connectivity index (χ4n) is 3.26. The van der Waals surface area contributed by atoms with Crippen LogP contribution < -0.4 is 16.2 Å². The van der Waals surface area contributed by atoms with E-state index in [1.807, 2.05) is 36.6 Å². The van der Waals surface area contributed by atoms with E-state index in [1.165, 1.54) is 28.5 Å². The highest BCUT2D eigenvalue weighted by Crippen LogP contribution is 2.30. The minimum Gasteiger partial charge on any atom is -0.459 e. The number of rotatable bonds is 8. The molecule has 4 aromatic rings. The van der Waals surface area contributed by atoms with Crippen molar-refractivity contribution < 1.29 is 14.0 Å². The Morgan fingerprint density at radius 1 is 1.12 bits per heavy atom. The van der Waals surface area contributed by atoms with Gasteiger partial charge in [0.05, 0.1) is 18.0 Å². The van der Waals surface area contributed by atoms with E-state index in [-0.39, 0.29) is 49.2 Å². The molecule has 0 aliphatic heterocycles. The van der Waals surface area contributed by atoms with Crippen molar-refractivity contribution in [1.29, 1.82) is 0 Å². The smallest absolute Gasteiger partial charge is 0.287 e. The Bertz CT molecular complexity index is 1290. The lowest BCUT2D eigenvalue weighted by Gasteiger charge is -2.08. The molecule has 1 aromatic carbocycles. The molecule has 3 aromatic heterocycles. The van der Waals surface area contributed by atoms with Crippen molar-refractivity contribution in [2.24, 2.45) is 0 Å². The van der Waals surface area contributed by atoms with E-state index in [9.17, 15) is 14.4 Å². The van der Waals surface area contributed by atoms with Crippen LogP contribution in [0.5, 0.6) is 0 Å². The summed E-state index contributed by atoms with van der Waals surface area (Å²) in [5.41, 5.74) is 2.81. The van der Waals surface area contributed by atoms with Gasteiger partial charge in [-0.05, 0) is 24.6 Å². The molecule has 4 rings (SSSR count). The number of hydrogen-bond donors (Lipinski definition) is 2. The van der Waals surface area contributed by atoms with Gasteiger partial charge in [-0.3, -0.25) is 19.0 Å². The average Bonchev–Trinajstić information content (AvgIpc) is 3.47. The second kappa shape index (κ2) is 9.61. The van der Waals surface area contributed by atoms with Gasteiger partial charge >= 0.3 is 0 Å². The highest BCUT2D eigenvalue weighted by Gasteiger charge is 2.14. The predicted octanol–water partition coefficient (Wildman–Crippen LogP) is 2.96. The number of nitrogens with zero attached hydrogens (tertiary/aromatic N) is 2. The van der Waals surface area contributed by atoms with Crippen LogP contribution in [0.15, 0.2) is 63.6 Å². The van der Waals surface area contributed by atoms with E-state index in [4.69, 9.17) is 4.42 Å². The van der Waals surface area contributed by atoms with Gasteiger partial charge in [0.25, 0.3) is 11.5 Å². The first-order valence-electron chi connectivity index (χ1n) is 10.1. The van der Waals surface area contributed by atoms with E-state index >= 15 is 0 Å². The van der Waals surface area contributed by atoms with Crippen LogP contribution in [0.25, 0.3) is 21.3 Å². The first kappa shape index (κ1) is 21.5. The molecule has 32 heavy (non-hydrogen) atoms. The molecule has 0 unspecified atom stereocenters. The van der Waals surface area contributed by atoms with Gasteiger partial charge in [-0.15, -0.1) is 11.3 Å². The average molecular weight is 451 g/mol. The predicted molar refractivity (Wildman–Crippen MR) is 123 cm³/mol. The fraction of sp³-hybridized carbons (Fsp3) is 0.217. The molecule has 0 atom stereocenters. The third kappa shape index (κ3) is 4.78. The van der Waals surface area contributed by atoms with Gasteiger partial charge in [-0.2, -0.15) is 0 Å². The van der Waals surface area contributed by atoms with Crippen molar-refractivity contribution >= 4 is 33.4 Å². The molecule has 0 saturated carbocycles. The highest BCUT2D eigenvalue weighted by atomic mass is 32.1. The zero-order chi connectivity index (χ0) is 22.5. The Morgan fingerprint density at radius 3 is 2.66 bits per heavy atom. The minimum absolute atomic E-state index is 0.128. The molecule has 0 bridgehead atoms. The molecule has 0 aliphatic rings. The minimum atomic E-state index is -0.338. The zero-order valence-electron chi connectivity index (χ0n) is 17.5. The number of hydrogen-bond acceptors (Lipinski definition) is 6. The molecule has 0 radical (unpaired) electrons. The maximum atomic E-state index is 13.1. The van der Waals surface area contributed by atoms with Crippen molar-refractivity contribution in [3.8, 4) is 11.1 Å². The number of amides is 2. The quantitative estimate of drug-likeness (QED) is 0.402. The van der Waals surface area contributed by atoms with Gasteiger partial charge in [0.1, 0.15) is 4.83 Å². The monoisotopic (exact) mass is 450 g/mol. The molecule has 2 N–H and O–H groups in total. The first-order valence-corrected chi connectivity index (χ1v) is 11.0. The number of nitrogens with one attached hydrogen (secondary N) is 2. The van der Waals surface area contributed by atoms with Crippen LogP contribution in [0, 0.1) is 6.92 Å². The Balaban J connectivity index is 1.35. The lowest BCUT2D eigenvalue weighted by molar-refractivity contribution is -0.121. The van der Waals surface area contributed by atoms with E-state index in [1.54, 1.807) is 12.1 Å². The maximum Gasteiger partial charge on any atom is 0.287 e. The molecule has 0 fully saturated rings.